The quantitative estimate of drug-likeness (QED) is 0.530. The summed E-state index contributed by atoms with van der Waals surface area (Å²) in [4.78, 5) is 40.7. The molecule has 9 nitrogen and oxygen atoms in total. The van der Waals surface area contributed by atoms with E-state index in [1.54, 1.807) is 6.92 Å². The number of hydrogen-bond donors (Lipinski definition) is 1. The molecule has 1 N–H and O–H groups in total. The van der Waals surface area contributed by atoms with E-state index in [1.807, 2.05) is 6.92 Å². The van der Waals surface area contributed by atoms with Gasteiger partial charge in [0.15, 0.2) is 5.75 Å². The zero-order valence-electron chi connectivity index (χ0n) is 14.8. The van der Waals surface area contributed by atoms with E-state index in [2.05, 4.69) is 10.3 Å². The number of carbonyl (C=O) groups is 1. The number of carbonyl (C=O) groups excluding carboxylic acids is 1. The van der Waals surface area contributed by atoms with Gasteiger partial charge in [-0.15, -0.1) is 11.3 Å². The number of aryl methyl sites for hydroxylation is 2. The highest BCUT2D eigenvalue weighted by Gasteiger charge is 2.21. The van der Waals surface area contributed by atoms with Gasteiger partial charge in [-0.1, -0.05) is 0 Å². The number of thiophene rings is 1. The summed E-state index contributed by atoms with van der Waals surface area (Å²) >= 11 is 1.11. The molecule has 0 aliphatic heterocycles. The normalized spacial score (nSPS) is 10.8. The van der Waals surface area contributed by atoms with Gasteiger partial charge in [-0.3, -0.25) is 24.3 Å². The van der Waals surface area contributed by atoms with Crippen molar-refractivity contribution >= 4 is 38.8 Å². The van der Waals surface area contributed by atoms with Gasteiger partial charge in [0.05, 0.1) is 28.6 Å². The molecule has 0 aliphatic rings. The van der Waals surface area contributed by atoms with E-state index in [0.717, 1.165) is 11.3 Å². The highest BCUT2D eigenvalue weighted by molar-refractivity contribution is 7.20. The van der Waals surface area contributed by atoms with Crippen molar-refractivity contribution in [3.63, 3.8) is 0 Å². The van der Waals surface area contributed by atoms with Crippen molar-refractivity contribution in [2.75, 3.05) is 12.4 Å². The first-order valence-corrected chi connectivity index (χ1v) is 8.81. The summed E-state index contributed by atoms with van der Waals surface area (Å²) in [5.41, 5.74) is 0.338. The number of methoxy groups -OCH3 is 1. The van der Waals surface area contributed by atoms with Crippen molar-refractivity contribution in [3.8, 4) is 5.75 Å². The summed E-state index contributed by atoms with van der Waals surface area (Å²) in [6.07, 6.45) is 1.45. The molecule has 0 fully saturated rings. The third-order valence-electron chi connectivity index (χ3n) is 4.10. The van der Waals surface area contributed by atoms with E-state index in [1.165, 1.54) is 36.2 Å². The molecule has 3 rings (SSSR count). The standard InChI is InChI=1S/C17H16N4O5S/c1-4-20-8-18-16-13(17(20)23)9(2)14(27-16)15(22)19-10-5-6-12(26-3)11(7-10)21(24)25/h5-8H,4H2,1-3H3,(H,19,22). The molecule has 0 radical (unpaired) electrons. The van der Waals surface area contributed by atoms with Crippen LogP contribution in [0.2, 0.25) is 0 Å². The van der Waals surface area contributed by atoms with Gasteiger partial charge in [-0.05, 0) is 31.5 Å². The van der Waals surface area contributed by atoms with Crippen molar-refractivity contribution < 1.29 is 14.5 Å². The van der Waals surface area contributed by atoms with Gasteiger partial charge < -0.3 is 10.1 Å². The smallest absolute Gasteiger partial charge is 0.312 e. The number of anilines is 1. The monoisotopic (exact) mass is 388 g/mol. The fourth-order valence-corrected chi connectivity index (χ4v) is 3.73. The average Bonchev–Trinajstić information content (AvgIpc) is 2.99. The van der Waals surface area contributed by atoms with E-state index in [0.29, 0.717) is 27.2 Å². The minimum Gasteiger partial charge on any atom is -0.490 e. The maximum Gasteiger partial charge on any atom is 0.312 e. The average molecular weight is 388 g/mol. The number of hydrogen-bond acceptors (Lipinski definition) is 7. The third kappa shape index (κ3) is 3.26. The molecule has 0 atom stereocenters. The van der Waals surface area contributed by atoms with Crippen molar-refractivity contribution in [1.82, 2.24) is 9.55 Å². The summed E-state index contributed by atoms with van der Waals surface area (Å²) in [5, 5.41) is 14.2. The Labute approximate surface area is 157 Å². The molecular weight excluding hydrogens is 372 g/mol. The van der Waals surface area contributed by atoms with Gasteiger partial charge in [0.25, 0.3) is 11.5 Å². The molecule has 0 saturated carbocycles. The predicted octanol–water partition coefficient (Wildman–Crippen LogP) is 2.96. The number of ether oxygens (including phenoxy) is 1. The molecule has 3 aromatic rings. The van der Waals surface area contributed by atoms with Crippen LogP contribution in [-0.2, 0) is 6.54 Å². The lowest BCUT2D eigenvalue weighted by Crippen LogP contribution is -2.19. The van der Waals surface area contributed by atoms with Crippen molar-refractivity contribution in [2.45, 2.75) is 20.4 Å². The molecule has 27 heavy (non-hydrogen) atoms. The van der Waals surface area contributed by atoms with Crippen molar-refractivity contribution in [2.24, 2.45) is 0 Å². The fourth-order valence-electron chi connectivity index (χ4n) is 2.70. The van der Waals surface area contributed by atoms with Crippen LogP contribution in [0.5, 0.6) is 5.75 Å². The van der Waals surface area contributed by atoms with Crippen LogP contribution in [0.25, 0.3) is 10.2 Å². The summed E-state index contributed by atoms with van der Waals surface area (Å²) in [7, 11) is 1.33. The number of nitro groups is 1. The molecule has 0 unspecified atom stereocenters. The lowest BCUT2D eigenvalue weighted by atomic mass is 10.2. The minimum atomic E-state index is -0.587. The molecule has 2 aromatic heterocycles. The molecule has 10 heteroatoms. The van der Waals surface area contributed by atoms with Crippen LogP contribution in [0.1, 0.15) is 22.2 Å². The summed E-state index contributed by atoms with van der Waals surface area (Å²) < 4.78 is 6.42. The van der Waals surface area contributed by atoms with E-state index < -0.39 is 10.8 Å². The Morgan fingerprint density at radius 2 is 2.19 bits per heavy atom. The summed E-state index contributed by atoms with van der Waals surface area (Å²) in [5.74, 6) is -0.363. The number of fused-ring (bicyclic) bond motifs is 1. The highest BCUT2D eigenvalue weighted by Crippen LogP contribution is 2.31. The first-order chi connectivity index (χ1) is 12.9. The largest absolute Gasteiger partial charge is 0.490 e. The lowest BCUT2D eigenvalue weighted by molar-refractivity contribution is -0.385. The van der Waals surface area contributed by atoms with Gasteiger partial charge in [-0.2, -0.15) is 0 Å². The molecule has 0 saturated heterocycles. The Hall–Kier alpha value is -3.27. The van der Waals surface area contributed by atoms with Gasteiger partial charge in [-0.25, -0.2) is 4.98 Å². The summed E-state index contributed by atoms with van der Waals surface area (Å²) in [6, 6.07) is 4.14. The van der Waals surface area contributed by atoms with Crippen LogP contribution in [0.15, 0.2) is 29.3 Å². The molecule has 140 valence electrons. The van der Waals surface area contributed by atoms with Gasteiger partial charge in [0.2, 0.25) is 0 Å². The number of rotatable bonds is 5. The number of nitrogens with one attached hydrogen (secondary N) is 1. The van der Waals surface area contributed by atoms with Crippen LogP contribution >= 0.6 is 11.3 Å². The Balaban J connectivity index is 1.99. The second kappa shape index (κ2) is 7.16. The number of aromatic nitrogens is 2. The Morgan fingerprint density at radius 1 is 1.44 bits per heavy atom. The molecule has 0 bridgehead atoms. The first kappa shape index (κ1) is 18.5. The van der Waals surface area contributed by atoms with E-state index in [4.69, 9.17) is 4.74 Å². The van der Waals surface area contributed by atoms with Crippen LogP contribution in [0, 0.1) is 17.0 Å². The Morgan fingerprint density at radius 3 is 2.81 bits per heavy atom. The zero-order chi connectivity index (χ0) is 19.7. The van der Waals surface area contributed by atoms with E-state index in [-0.39, 0.29) is 22.7 Å². The molecule has 0 spiro atoms. The SMILES string of the molecule is CCn1cnc2sc(C(=O)Nc3ccc(OC)c([N+](=O)[O-])c3)c(C)c2c1=O. The van der Waals surface area contributed by atoms with Crippen LogP contribution in [0.4, 0.5) is 11.4 Å². The fraction of sp³-hybridized carbons (Fsp3) is 0.235. The minimum absolute atomic E-state index is 0.0976. The topological polar surface area (TPSA) is 116 Å². The number of nitro benzene ring substituents is 1. The first-order valence-electron chi connectivity index (χ1n) is 7.99. The third-order valence-corrected chi connectivity index (χ3v) is 5.30. The van der Waals surface area contributed by atoms with Crippen LogP contribution in [-0.4, -0.2) is 27.5 Å². The highest BCUT2D eigenvalue weighted by atomic mass is 32.1. The van der Waals surface area contributed by atoms with Crippen LogP contribution in [0.3, 0.4) is 0 Å². The maximum absolute atomic E-state index is 12.7. The maximum atomic E-state index is 12.7. The Kier molecular flexibility index (Phi) is 4.91. The number of amides is 1. The van der Waals surface area contributed by atoms with Crippen molar-refractivity contribution in [1.29, 1.82) is 0 Å². The number of nitrogens with zero attached hydrogens (tertiary/aromatic N) is 3. The zero-order valence-corrected chi connectivity index (χ0v) is 15.6. The lowest BCUT2D eigenvalue weighted by Gasteiger charge is -2.07. The van der Waals surface area contributed by atoms with Crippen molar-refractivity contribution in [3.05, 3.63) is 55.4 Å². The molecule has 2 heterocycles. The number of benzene rings is 1. The molecule has 0 aliphatic carbocycles. The summed E-state index contributed by atoms with van der Waals surface area (Å²) in [6.45, 7) is 4.00. The predicted molar refractivity (Wildman–Crippen MR) is 102 cm³/mol. The van der Waals surface area contributed by atoms with Gasteiger partial charge in [0.1, 0.15) is 4.83 Å². The molecule has 1 aromatic carbocycles. The van der Waals surface area contributed by atoms with E-state index in [9.17, 15) is 19.7 Å². The van der Waals surface area contributed by atoms with E-state index >= 15 is 0 Å². The van der Waals surface area contributed by atoms with Gasteiger partial charge >= 0.3 is 5.69 Å². The molecular formula is C17H16N4O5S. The molecule has 1 amide bonds. The second-order valence-electron chi connectivity index (χ2n) is 5.67. The Bertz CT molecular complexity index is 1120. The second-order valence-corrected chi connectivity index (χ2v) is 6.67. The van der Waals surface area contributed by atoms with Crippen LogP contribution < -0.4 is 15.6 Å². The van der Waals surface area contributed by atoms with Gasteiger partial charge in [0, 0.05) is 18.3 Å².